The second-order valence-electron chi connectivity index (χ2n) is 12.9. The van der Waals surface area contributed by atoms with E-state index >= 15 is 0 Å². The SMILES string of the molecule is CCCCCCCCCCCCCCCCCCCC(=O)NCCCC[C@@H](N)C(=O)NCCCNCCCCNCCCN. The summed E-state index contributed by atoms with van der Waals surface area (Å²) in [5, 5.41) is 12.8. The standard InChI is InChI=1S/C36H76N6O2/c1-2-3-4-5-6-7-8-9-10-11-12-13-14-15-16-17-18-26-35(43)41-32-20-19-25-34(38)36(44)42-33-24-31-40-29-22-21-28-39-30-23-27-37/h34,39-40H,2-33,37-38H2,1H3,(H,41,43)(H,42,44)/t34-/m1/s1. The number of rotatable bonds is 36. The number of nitrogens with one attached hydrogen (secondary N) is 4. The van der Waals surface area contributed by atoms with Crippen LogP contribution in [0.4, 0.5) is 0 Å². The number of carbonyl (C=O) groups is 2. The first-order chi connectivity index (χ1) is 21.6. The van der Waals surface area contributed by atoms with Crippen LogP contribution in [0.3, 0.4) is 0 Å². The van der Waals surface area contributed by atoms with Crippen molar-refractivity contribution in [2.24, 2.45) is 11.5 Å². The molecule has 0 aliphatic rings. The lowest BCUT2D eigenvalue weighted by Gasteiger charge is -2.12. The Morgan fingerprint density at radius 3 is 1.45 bits per heavy atom. The summed E-state index contributed by atoms with van der Waals surface area (Å²) in [6, 6.07) is -0.472. The van der Waals surface area contributed by atoms with E-state index in [0.717, 1.165) is 84.1 Å². The minimum absolute atomic E-state index is 0.0728. The highest BCUT2D eigenvalue weighted by atomic mass is 16.2. The van der Waals surface area contributed by atoms with Crippen molar-refractivity contribution in [2.75, 3.05) is 45.8 Å². The van der Waals surface area contributed by atoms with Gasteiger partial charge in [0.1, 0.15) is 0 Å². The van der Waals surface area contributed by atoms with Crippen LogP contribution in [0.5, 0.6) is 0 Å². The van der Waals surface area contributed by atoms with E-state index in [9.17, 15) is 9.59 Å². The van der Waals surface area contributed by atoms with Gasteiger partial charge in [-0.1, -0.05) is 110 Å². The van der Waals surface area contributed by atoms with Crippen molar-refractivity contribution >= 4 is 11.8 Å². The van der Waals surface area contributed by atoms with Gasteiger partial charge in [0.2, 0.25) is 11.8 Å². The number of amides is 2. The fourth-order valence-corrected chi connectivity index (χ4v) is 5.48. The molecule has 0 bridgehead atoms. The van der Waals surface area contributed by atoms with E-state index in [4.69, 9.17) is 11.5 Å². The normalized spacial score (nSPS) is 12.0. The summed E-state index contributed by atoms with van der Waals surface area (Å²) in [4.78, 5) is 24.3. The van der Waals surface area contributed by atoms with Crippen molar-refractivity contribution in [2.45, 2.75) is 173 Å². The van der Waals surface area contributed by atoms with E-state index in [1.807, 2.05) is 0 Å². The van der Waals surface area contributed by atoms with Crippen molar-refractivity contribution < 1.29 is 9.59 Å². The number of nitrogens with two attached hydrogens (primary N) is 2. The average molecular weight is 625 g/mol. The van der Waals surface area contributed by atoms with Gasteiger partial charge in [-0.25, -0.2) is 0 Å². The third-order valence-corrected chi connectivity index (χ3v) is 8.45. The molecule has 0 radical (unpaired) electrons. The summed E-state index contributed by atoms with van der Waals surface area (Å²) in [6.07, 6.45) is 30.2. The van der Waals surface area contributed by atoms with Gasteiger partial charge in [0.15, 0.2) is 0 Å². The number of carbonyl (C=O) groups excluding carboxylic acids is 2. The van der Waals surface area contributed by atoms with Crippen LogP contribution >= 0.6 is 0 Å². The molecule has 0 fully saturated rings. The summed E-state index contributed by atoms with van der Waals surface area (Å²) >= 11 is 0. The molecule has 0 unspecified atom stereocenters. The van der Waals surface area contributed by atoms with Gasteiger partial charge in [-0.05, 0) is 84.1 Å². The van der Waals surface area contributed by atoms with Crippen LogP contribution in [0.15, 0.2) is 0 Å². The Balaban J connectivity index is 3.35. The smallest absolute Gasteiger partial charge is 0.236 e. The minimum atomic E-state index is -0.472. The molecule has 44 heavy (non-hydrogen) atoms. The van der Waals surface area contributed by atoms with Gasteiger partial charge in [-0.3, -0.25) is 9.59 Å². The van der Waals surface area contributed by atoms with Crippen LogP contribution < -0.4 is 32.7 Å². The Morgan fingerprint density at radius 2 is 0.932 bits per heavy atom. The molecular formula is C36H76N6O2. The topological polar surface area (TPSA) is 134 Å². The van der Waals surface area contributed by atoms with E-state index in [-0.39, 0.29) is 11.8 Å². The molecule has 0 aromatic carbocycles. The summed E-state index contributed by atoms with van der Waals surface area (Å²) < 4.78 is 0. The molecule has 8 heteroatoms. The molecule has 0 aliphatic carbocycles. The molecule has 0 aromatic rings. The van der Waals surface area contributed by atoms with Crippen molar-refractivity contribution in [1.82, 2.24) is 21.3 Å². The van der Waals surface area contributed by atoms with Crippen LogP contribution in [0.1, 0.15) is 167 Å². The molecule has 0 spiro atoms. The molecular weight excluding hydrogens is 548 g/mol. The van der Waals surface area contributed by atoms with Gasteiger partial charge >= 0.3 is 0 Å². The van der Waals surface area contributed by atoms with Crippen molar-refractivity contribution in [3.63, 3.8) is 0 Å². The third-order valence-electron chi connectivity index (χ3n) is 8.45. The largest absolute Gasteiger partial charge is 0.356 e. The predicted octanol–water partition coefficient (Wildman–Crippen LogP) is 6.46. The highest BCUT2D eigenvalue weighted by Crippen LogP contribution is 2.14. The quantitative estimate of drug-likeness (QED) is 0.0443. The number of hydrogen-bond donors (Lipinski definition) is 6. The predicted molar refractivity (Wildman–Crippen MR) is 190 cm³/mol. The van der Waals surface area contributed by atoms with Crippen LogP contribution in [-0.2, 0) is 9.59 Å². The zero-order valence-corrected chi connectivity index (χ0v) is 29.2. The van der Waals surface area contributed by atoms with Crippen molar-refractivity contribution in [3.05, 3.63) is 0 Å². The molecule has 2 amide bonds. The molecule has 0 aromatic heterocycles. The lowest BCUT2D eigenvalue weighted by Crippen LogP contribution is -2.41. The Hall–Kier alpha value is -1.22. The highest BCUT2D eigenvalue weighted by molar-refractivity contribution is 5.81. The molecule has 8 nitrogen and oxygen atoms in total. The maximum Gasteiger partial charge on any atom is 0.236 e. The van der Waals surface area contributed by atoms with E-state index in [2.05, 4.69) is 28.2 Å². The second kappa shape index (κ2) is 36.3. The molecule has 0 saturated heterocycles. The summed E-state index contributed by atoms with van der Waals surface area (Å²) in [7, 11) is 0. The fourth-order valence-electron chi connectivity index (χ4n) is 5.48. The Bertz CT molecular complexity index is 607. The van der Waals surface area contributed by atoms with Gasteiger partial charge in [0.05, 0.1) is 6.04 Å². The maximum absolute atomic E-state index is 12.2. The zero-order valence-electron chi connectivity index (χ0n) is 29.2. The Morgan fingerprint density at radius 1 is 0.500 bits per heavy atom. The van der Waals surface area contributed by atoms with Crippen LogP contribution in [0.25, 0.3) is 0 Å². The minimum Gasteiger partial charge on any atom is -0.356 e. The third kappa shape index (κ3) is 33.7. The lowest BCUT2D eigenvalue weighted by atomic mass is 10.0. The summed E-state index contributed by atoms with van der Waals surface area (Å²) in [5.74, 6) is 0.0807. The van der Waals surface area contributed by atoms with E-state index in [1.165, 1.54) is 96.3 Å². The molecule has 0 aliphatic heterocycles. The summed E-state index contributed by atoms with van der Waals surface area (Å²) in [6.45, 7) is 8.29. The Kier molecular flexibility index (Phi) is 35.2. The Labute approximate surface area is 273 Å². The maximum atomic E-state index is 12.2. The number of hydrogen-bond acceptors (Lipinski definition) is 6. The molecule has 0 saturated carbocycles. The highest BCUT2D eigenvalue weighted by Gasteiger charge is 2.12. The zero-order chi connectivity index (χ0) is 32.2. The molecule has 0 rings (SSSR count). The molecule has 1 atom stereocenters. The fraction of sp³-hybridized carbons (Fsp3) is 0.944. The van der Waals surface area contributed by atoms with Crippen molar-refractivity contribution in [1.29, 1.82) is 0 Å². The lowest BCUT2D eigenvalue weighted by molar-refractivity contribution is -0.123. The molecule has 0 heterocycles. The monoisotopic (exact) mass is 625 g/mol. The number of unbranched alkanes of at least 4 members (excludes halogenated alkanes) is 18. The van der Waals surface area contributed by atoms with Crippen LogP contribution in [0, 0.1) is 0 Å². The average Bonchev–Trinajstić information content (AvgIpc) is 3.02. The van der Waals surface area contributed by atoms with Crippen LogP contribution in [-0.4, -0.2) is 63.7 Å². The first kappa shape index (κ1) is 42.8. The van der Waals surface area contributed by atoms with Gasteiger partial charge in [-0.15, -0.1) is 0 Å². The van der Waals surface area contributed by atoms with Gasteiger partial charge in [0.25, 0.3) is 0 Å². The van der Waals surface area contributed by atoms with Gasteiger partial charge < -0.3 is 32.7 Å². The van der Waals surface area contributed by atoms with E-state index < -0.39 is 6.04 Å². The van der Waals surface area contributed by atoms with Gasteiger partial charge in [0, 0.05) is 19.5 Å². The van der Waals surface area contributed by atoms with E-state index in [1.54, 1.807) is 0 Å². The van der Waals surface area contributed by atoms with Gasteiger partial charge in [-0.2, -0.15) is 0 Å². The first-order valence-electron chi connectivity index (χ1n) is 19.0. The summed E-state index contributed by atoms with van der Waals surface area (Å²) in [5.41, 5.74) is 11.5. The molecule has 262 valence electrons. The second-order valence-corrected chi connectivity index (χ2v) is 12.9. The van der Waals surface area contributed by atoms with E-state index in [0.29, 0.717) is 25.9 Å². The van der Waals surface area contributed by atoms with Crippen molar-refractivity contribution in [3.8, 4) is 0 Å². The first-order valence-corrected chi connectivity index (χ1v) is 19.0. The van der Waals surface area contributed by atoms with Crippen LogP contribution in [0.2, 0.25) is 0 Å². The molecule has 8 N–H and O–H groups in total.